The number of rotatable bonds is 8. The van der Waals surface area contributed by atoms with Gasteiger partial charge in [-0.3, -0.25) is 9.79 Å². The van der Waals surface area contributed by atoms with Gasteiger partial charge in [0.15, 0.2) is 0 Å². The van der Waals surface area contributed by atoms with Gasteiger partial charge in [0.05, 0.1) is 24.2 Å². The van der Waals surface area contributed by atoms with Crippen molar-refractivity contribution in [1.82, 2.24) is 15.3 Å². The Morgan fingerprint density at radius 1 is 1.11 bits per heavy atom. The van der Waals surface area contributed by atoms with Crippen LogP contribution in [0, 0.1) is 0 Å². The van der Waals surface area contributed by atoms with Crippen molar-refractivity contribution in [3.8, 4) is 5.75 Å². The fourth-order valence-electron chi connectivity index (χ4n) is 4.90. The van der Waals surface area contributed by atoms with Crippen molar-refractivity contribution in [3.05, 3.63) is 35.8 Å². The maximum Gasteiger partial charge on any atom is 0.275 e. The van der Waals surface area contributed by atoms with E-state index in [2.05, 4.69) is 30.5 Å². The third kappa shape index (κ3) is 5.90. The Balaban J connectivity index is 1.28. The monoisotopic (exact) mass is 477 g/mol. The van der Waals surface area contributed by atoms with Gasteiger partial charge in [0, 0.05) is 55.8 Å². The summed E-state index contributed by atoms with van der Waals surface area (Å²) >= 11 is 0. The van der Waals surface area contributed by atoms with Crippen LogP contribution in [-0.2, 0) is 0 Å². The Bertz CT molecular complexity index is 1060. The van der Waals surface area contributed by atoms with Crippen molar-refractivity contribution >= 4 is 29.3 Å². The molecule has 2 aromatic rings. The first-order valence-electron chi connectivity index (χ1n) is 12.8. The highest BCUT2D eigenvalue weighted by Crippen LogP contribution is 2.33. The third-order valence-electron chi connectivity index (χ3n) is 6.98. The van der Waals surface area contributed by atoms with Crippen LogP contribution >= 0.6 is 0 Å². The number of benzene rings is 1. The topological polar surface area (TPSA) is 118 Å². The molecule has 1 aromatic carbocycles. The minimum Gasteiger partial charge on any atom is -0.488 e. The van der Waals surface area contributed by atoms with Gasteiger partial charge < -0.3 is 26.0 Å². The molecule has 2 heterocycles. The highest BCUT2D eigenvalue weighted by atomic mass is 16.5. The number of hydrogen-bond acceptors (Lipinski definition) is 8. The van der Waals surface area contributed by atoms with E-state index in [1.54, 1.807) is 37.8 Å². The zero-order valence-electron chi connectivity index (χ0n) is 20.4. The minimum atomic E-state index is -0.337. The quantitative estimate of drug-likeness (QED) is 0.394. The van der Waals surface area contributed by atoms with E-state index >= 15 is 0 Å². The number of nitrogens with one attached hydrogen (secondary N) is 2. The lowest BCUT2D eigenvalue weighted by molar-refractivity contribution is 0.102. The number of aliphatic imine (C=N–C) groups is 1. The zero-order chi connectivity index (χ0) is 24.2. The fraction of sp³-hybridized carbons (Fsp3) is 0.538. The van der Waals surface area contributed by atoms with Crippen molar-refractivity contribution in [1.29, 1.82) is 0 Å². The largest absolute Gasteiger partial charge is 0.488 e. The number of ether oxygens (including phenoxy) is 1. The predicted molar refractivity (Wildman–Crippen MR) is 139 cm³/mol. The first-order chi connectivity index (χ1) is 17.1. The van der Waals surface area contributed by atoms with Gasteiger partial charge in [-0.1, -0.05) is 6.42 Å². The molecule has 9 heteroatoms. The number of amides is 1. The highest BCUT2D eigenvalue weighted by Gasteiger charge is 2.30. The molecule has 1 amide bonds. The Morgan fingerprint density at radius 2 is 1.94 bits per heavy atom. The molecule has 1 saturated heterocycles. The van der Waals surface area contributed by atoms with Crippen LogP contribution in [0.15, 0.2) is 29.5 Å². The summed E-state index contributed by atoms with van der Waals surface area (Å²) in [7, 11) is 1.69. The van der Waals surface area contributed by atoms with E-state index < -0.39 is 0 Å². The second-order valence-electron chi connectivity index (χ2n) is 9.83. The first-order valence-corrected chi connectivity index (χ1v) is 12.8. The maximum atomic E-state index is 13.1. The molecule has 2 aliphatic carbocycles. The smallest absolute Gasteiger partial charge is 0.275 e. The number of nitrogens with two attached hydrogens (primary N) is 1. The van der Waals surface area contributed by atoms with Gasteiger partial charge in [-0.2, -0.15) is 0 Å². The molecular weight excluding hydrogens is 442 g/mol. The van der Waals surface area contributed by atoms with Crippen LogP contribution in [0.1, 0.15) is 67.4 Å². The lowest BCUT2D eigenvalue weighted by Crippen LogP contribution is -2.34. The van der Waals surface area contributed by atoms with Gasteiger partial charge in [0.25, 0.3) is 5.91 Å². The van der Waals surface area contributed by atoms with Crippen molar-refractivity contribution in [2.75, 3.05) is 36.1 Å². The second kappa shape index (κ2) is 10.6. The van der Waals surface area contributed by atoms with Crippen LogP contribution < -0.4 is 26.0 Å². The Hall–Kier alpha value is -3.20. The van der Waals surface area contributed by atoms with Crippen LogP contribution in [-0.4, -0.2) is 60.4 Å². The van der Waals surface area contributed by atoms with Crippen LogP contribution in [0.5, 0.6) is 5.75 Å². The molecule has 0 spiro atoms. The Kier molecular flexibility index (Phi) is 7.13. The first kappa shape index (κ1) is 23.5. The summed E-state index contributed by atoms with van der Waals surface area (Å²) in [6.07, 6.45) is 14.3. The second-order valence-corrected chi connectivity index (χ2v) is 9.83. The van der Waals surface area contributed by atoms with Crippen molar-refractivity contribution in [2.24, 2.45) is 4.99 Å². The minimum absolute atomic E-state index is 0.127. The molecule has 0 radical (unpaired) electrons. The van der Waals surface area contributed by atoms with E-state index in [9.17, 15) is 4.79 Å². The van der Waals surface area contributed by atoms with Crippen LogP contribution in [0.4, 0.5) is 17.2 Å². The molecule has 1 aliphatic heterocycles. The number of nitrogen functional groups attached to an aromatic ring is 1. The number of anilines is 3. The van der Waals surface area contributed by atoms with Crippen LogP contribution in [0.2, 0.25) is 0 Å². The zero-order valence-corrected chi connectivity index (χ0v) is 20.4. The summed E-state index contributed by atoms with van der Waals surface area (Å²) in [5.41, 5.74) is 8.32. The maximum absolute atomic E-state index is 13.1. The van der Waals surface area contributed by atoms with Gasteiger partial charge >= 0.3 is 0 Å². The van der Waals surface area contributed by atoms with Gasteiger partial charge in [0.1, 0.15) is 17.3 Å². The average molecular weight is 478 g/mol. The summed E-state index contributed by atoms with van der Waals surface area (Å²) in [6, 6.07) is 4.77. The Labute approximate surface area is 206 Å². The van der Waals surface area contributed by atoms with E-state index in [0.717, 1.165) is 56.6 Å². The molecule has 0 bridgehead atoms. The van der Waals surface area contributed by atoms with Gasteiger partial charge in [-0.15, -0.1) is 0 Å². The van der Waals surface area contributed by atoms with E-state index in [1.165, 1.54) is 19.3 Å². The molecular formula is C26H35N7O2. The lowest BCUT2D eigenvalue weighted by Gasteiger charge is -2.25. The van der Waals surface area contributed by atoms with E-state index in [0.29, 0.717) is 29.2 Å². The molecule has 35 heavy (non-hydrogen) atoms. The molecule has 0 unspecified atom stereocenters. The van der Waals surface area contributed by atoms with E-state index in [-0.39, 0.29) is 17.7 Å². The number of aromatic nitrogens is 2. The van der Waals surface area contributed by atoms with E-state index in [4.69, 9.17) is 10.5 Å². The van der Waals surface area contributed by atoms with Crippen molar-refractivity contribution in [2.45, 2.75) is 69.6 Å². The summed E-state index contributed by atoms with van der Waals surface area (Å²) in [5, 5.41) is 6.64. The van der Waals surface area contributed by atoms with Crippen molar-refractivity contribution < 1.29 is 9.53 Å². The summed E-state index contributed by atoms with van der Waals surface area (Å²) in [5.74, 6) is 1.04. The van der Waals surface area contributed by atoms with Gasteiger partial charge in [0.2, 0.25) is 0 Å². The number of carbonyl (C=O) groups excluding carboxylic acids is 1. The Morgan fingerprint density at radius 3 is 2.66 bits per heavy atom. The average Bonchev–Trinajstić information content (AvgIpc) is 3.56. The van der Waals surface area contributed by atoms with Crippen LogP contribution in [0.3, 0.4) is 0 Å². The van der Waals surface area contributed by atoms with Crippen molar-refractivity contribution in [3.63, 3.8) is 0 Å². The summed E-state index contributed by atoms with van der Waals surface area (Å²) in [4.78, 5) is 28.3. The standard InChI is InChI=1S/C26H35N7O2/c1-28-13-17-11-22(24(12-21(17)27)35-20-5-3-2-4-6-20)32-26(34)23-14-30-25(15-29-23)33-10-9-19(16-33)31-18-7-8-18/h11-15,18-20,31H,2-10,16,27H2,1H3,(H,32,34)/t19-/m1/s1. The SMILES string of the molecule is CN=Cc1cc(NC(=O)c2cnc(N3CC[C@@H](NC4CC4)C3)cn2)c(OC2CCCCC2)cc1N. The van der Waals surface area contributed by atoms with E-state index in [1.807, 2.05) is 0 Å². The molecule has 9 nitrogen and oxygen atoms in total. The molecule has 3 fully saturated rings. The molecule has 2 saturated carbocycles. The number of hydrogen-bond donors (Lipinski definition) is 3. The molecule has 5 rings (SSSR count). The van der Waals surface area contributed by atoms with Crippen LogP contribution in [0.25, 0.3) is 0 Å². The molecule has 3 aliphatic rings. The molecule has 186 valence electrons. The lowest BCUT2D eigenvalue weighted by atomic mass is 9.98. The van der Waals surface area contributed by atoms with Gasteiger partial charge in [-0.25, -0.2) is 9.97 Å². The highest BCUT2D eigenvalue weighted by molar-refractivity contribution is 6.04. The van der Waals surface area contributed by atoms with Gasteiger partial charge in [-0.05, 0) is 51.0 Å². The fourth-order valence-corrected chi connectivity index (χ4v) is 4.90. The predicted octanol–water partition coefficient (Wildman–Crippen LogP) is 3.40. The summed E-state index contributed by atoms with van der Waals surface area (Å²) < 4.78 is 6.28. The third-order valence-corrected chi connectivity index (χ3v) is 6.98. The molecule has 1 atom stereocenters. The summed E-state index contributed by atoms with van der Waals surface area (Å²) in [6.45, 7) is 1.87. The normalized spacial score (nSPS) is 20.9. The number of carbonyl (C=O) groups is 1. The number of nitrogens with zero attached hydrogens (tertiary/aromatic N) is 4. The molecule has 1 aromatic heterocycles. The molecule has 4 N–H and O–H groups in total.